The molecule has 30 heavy (non-hydrogen) atoms. The lowest BCUT2D eigenvalue weighted by atomic mass is 10.2. The first-order valence-electron chi connectivity index (χ1n) is 9.80. The number of rotatable bonds is 6. The summed E-state index contributed by atoms with van der Waals surface area (Å²) in [6, 6.07) is 15.1. The molecule has 0 aromatic heterocycles. The van der Waals surface area contributed by atoms with E-state index in [0.29, 0.717) is 38.4 Å². The molecule has 0 bridgehead atoms. The summed E-state index contributed by atoms with van der Waals surface area (Å²) in [7, 11) is 0. The highest BCUT2D eigenvalue weighted by molar-refractivity contribution is 5.96. The number of carbonyl (C=O) groups is 2. The summed E-state index contributed by atoms with van der Waals surface area (Å²) < 4.78 is 0. The predicted molar refractivity (Wildman–Crippen MR) is 113 cm³/mol. The Kier molecular flexibility index (Phi) is 6.97. The lowest BCUT2D eigenvalue weighted by molar-refractivity contribution is -0.384. The summed E-state index contributed by atoms with van der Waals surface area (Å²) in [5.74, 6) is -0.375. The minimum absolute atomic E-state index is 0.0758. The lowest BCUT2D eigenvalue weighted by Gasteiger charge is -2.38. The van der Waals surface area contributed by atoms with E-state index in [9.17, 15) is 19.7 Å². The Morgan fingerprint density at radius 1 is 1.03 bits per heavy atom. The monoisotopic (exact) mass is 411 g/mol. The van der Waals surface area contributed by atoms with Gasteiger partial charge in [0, 0.05) is 38.8 Å². The molecule has 1 heterocycles. The van der Waals surface area contributed by atoms with E-state index in [2.05, 4.69) is 10.6 Å². The van der Waals surface area contributed by atoms with Crippen molar-refractivity contribution in [1.29, 1.82) is 0 Å². The second-order valence-corrected chi connectivity index (χ2v) is 7.10. The van der Waals surface area contributed by atoms with Crippen LogP contribution in [-0.2, 0) is 11.3 Å². The molecular formula is C21H25N5O4. The number of hydrogen-bond donors (Lipinski definition) is 2. The highest BCUT2D eigenvalue weighted by Crippen LogP contribution is 2.28. The standard InChI is InChI=1S/C21H25N5O4/c1-16(20(27)23-21(28)22-15-17-7-3-2-4-8-17)24-11-13-25(14-12-24)18-9-5-6-10-19(18)26(29)30/h2-10,16H,11-15H2,1H3,(H2,22,23,27,28). The zero-order valence-electron chi connectivity index (χ0n) is 16.8. The molecule has 9 nitrogen and oxygen atoms in total. The predicted octanol–water partition coefficient (Wildman–Crippen LogP) is 2.13. The van der Waals surface area contributed by atoms with Gasteiger partial charge in [0.05, 0.1) is 11.0 Å². The van der Waals surface area contributed by atoms with Crippen LogP contribution in [0.4, 0.5) is 16.2 Å². The van der Waals surface area contributed by atoms with Gasteiger partial charge < -0.3 is 10.2 Å². The number of carbonyl (C=O) groups excluding carboxylic acids is 2. The Labute approximate surface area is 174 Å². The average Bonchev–Trinajstić information content (AvgIpc) is 2.78. The molecule has 0 saturated carbocycles. The number of nitro benzene ring substituents is 1. The number of piperazine rings is 1. The van der Waals surface area contributed by atoms with Gasteiger partial charge in [-0.15, -0.1) is 0 Å². The maximum Gasteiger partial charge on any atom is 0.321 e. The van der Waals surface area contributed by atoms with Crippen LogP contribution in [0.2, 0.25) is 0 Å². The van der Waals surface area contributed by atoms with Crippen molar-refractivity contribution in [2.75, 3.05) is 31.1 Å². The molecule has 1 unspecified atom stereocenters. The van der Waals surface area contributed by atoms with Gasteiger partial charge in [-0.3, -0.25) is 25.1 Å². The minimum Gasteiger partial charge on any atom is -0.363 e. The van der Waals surface area contributed by atoms with Crippen LogP contribution < -0.4 is 15.5 Å². The van der Waals surface area contributed by atoms with E-state index in [1.165, 1.54) is 6.07 Å². The molecule has 9 heteroatoms. The molecular weight excluding hydrogens is 386 g/mol. The SMILES string of the molecule is CC(C(=O)NC(=O)NCc1ccccc1)N1CCN(c2ccccc2[N+](=O)[O-])CC1. The molecule has 1 aliphatic rings. The van der Waals surface area contributed by atoms with Crippen molar-refractivity contribution in [2.24, 2.45) is 0 Å². The topological polar surface area (TPSA) is 108 Å². The molecule has 2 aromatic carbocycles. The number of anilines is 1. The normalized spacial score (nSPS) is 15.3. The summed E-state index contributed by atoms with van der Waals surface area (Å²) in [5, 5.41) is 16.3. The molecule has 1 fully saturated rings. The van der Waals surface area contributed by atoms with Crippen molar-refractivity contribution in [3.05, 3.63) is 70.3 Å². The number of urea groups is 1. The number of hydrogen-bond acceptors (Lipinski definition) is 6. The van der Waals surface area contributed by atoms with Crippen molar-refractivity contribution in [1.82, 2.24) is 15.5 Å². The zero-order chi connectivity index (χ0) is 21.5. The van der Waals surface area contributed by atoms with Gasteiger partial charge in [0.25, 0.3) is 5.69 Å². The number of para-hydroxylation sites is 2. The minimum atomic E-state index is -0.533. The molecule has 3 amide bonds. The molecule has 0 radical (unpaired) electrons. The van der Waals surface area contributed by atoms with E-state index in [1.807, 2.05) is 40.1 Å². The van der Waals surface area contributed by atoms with Crippen LogP contribution in [0.25, 0.3) is 0 Å². The smallest absolute Gasteiger partial charge is 0.321 e. The quantitative estimate of drug-likeness (QED) is 0.557. The Balaban J connectivity index is 1.48. The first-order chi connectivity index (χ1) is 14.5. The molecule has 0 spiro atoms. The lowest BCUT2D eigenvalue weighted by Crippen LogP contribution is -2.55. The van der Waals surface area contributed by atoms with Gasteiger partial charge in [-0.1, -0.05) is 42.5 Å². The second-order valence-electron chi connectivity index (χ2n) is 7.10. The molecule has 2 aromatic rings. The zero-order valence-corrected chi connectivity index (χ0v) is 16.8. The number of benzene rings is 2. The van der Waals surface area contributed by atoms with Crippen LogP contribution >= 0.6 is 0 Å². The summed E-state index contributed by atoms with van der Waals surface area (Å²) in [4.78, 5) is 39.2. The number of amides is 3. The molecule has 1 atom stereocenters. The molecule has 158 valence electrons. The third-order valence-corrected chi connectivity index (χ3v) is 5.19. The fourth-order valence-electron chi connectivity index (χ4n) is 3.44. The van der Waals surface area contributed by atoms with E-state index >= 15 is 0 Å². The first kappa shape index (κ1) is 21.3. The van der Waals surface area contributed by atoms with E-state index in [1.54, 1.807) is 25.1 Å². The number of nitro groups is 1. The van der Waals surface area contributed by atoms with Gasteiger partial charge in [-0.25, -0.2) is 4.79 Å². The van der Waals surface area contributed by atoms with Crippen molar-refractivity contribution in [3.8, 4) is 0 Å². The van der Waals surface area contributed by atoms with Crippen LogP contribution in [0.5, 0.6) is 0 Å². The Hall–Kier alpha value is -3.46. The Morgan fingerprint density at radius 3 is 2.33 bits per heavy atom. The van der Waals surface area contributed by atoms with Gasteiger partial charge in [0.2, 0.25) is 5.91 Å². The molecule has 1 saturated heterocycles. The van der Waals surface area contributed by atoms with E-state index in [4.69, 9.17) is 0 Å². The summed E-state index contributed by atoms with van der Waals surface area (Å²) in [5.41, 5.74) is 1.60. The number of nitrogens with zero attached hydrogens (tertiary/aromatic N) is 3. The van der Waals surface area contributed by atoms with Crippen LogP contribution in [0.3, 0.4) is 0 Å². The van der Waals surface area contributed by atoms with Crippen LogP contribution in [0, 0.1) is 10.1 Å². The Morgan fingerprint density at radius 2 is 1.67 bits per heavy atom. The maximum atomic E-state index is 12.4. The molecule has 1 aliphatic heterocycles. The fraction of sp³-hybridized carbons (Fsp3) is 0.333. The van der Waals surface area contributed by atoms with Gasteiger partial charge in [-0.2, -0.15) is 0 Å². The highest BCUT2D eigenvalue weighted by Gasteiger charge is 2.28. The summed E-state index contributed by atoms with van der Waals surface area (Å²) in [6.45, 7) is 4.33. The first-order valence-corrected chi connectivity index (χ1v) is 9.80. The second kappa shape index (κ2) is 9.84. The number of nitrogens with one attached hydrogen (secondary N) is 2. The largest absolute Gasteiger partial charge is 0.363 e. The summed E-state index contributed by atoms with van der Waals surface area (Å²) >= 11 is 0. The van der Waals surface area contributed by atoms with Crippen molar-refractivity contribution in [2.45, 2.75) is 19.5 Å². The van der Waals surface area contributed by atoms with Crippen LogP contribution in [0.1, 0.15) is 12.5 Å². The third-order valence-electron chi connectivity index (χ3n) is 5.19. The molecule has 2 N–H and O–H groups in total. The Bertz CT molecular complexity index is 897. The van der Waals surface area contributed by atoms with E-state index < -0.39 is 12.1 Å². The molecule has 0 aliphatic carbocycles. The van der Waals surface area contributed by atoms with Crippen LogP contribution in [-0.4, -0.2) is 54.0 Å². The summed E-state index contributed by atoms with van der Waals surface area (Å²) in [6.07, 6.45) is 0. The van der Waals surface area contributed by atoms with Crippen molar-refractivity contribution in [3.63, 3.8) is 0 Å². The van der Waals surface area contributed by atoms with Gasteiger partial charge >= 0.3 is 6.03 Å². The van der Waals surface area contributed by atoms with Crippen molar-refractivity contribution >= 4 is 23.3 Å². The van der Waals surface area contributed by atoms with Gasteiger partial charge in [-0.05, 0) is 18.6 Å². The maximum absolute atomic E-state index is 12.4. The van der Waals surface area contributed by atoms with Gasteiger partial charge in [0.15, 0.2) is 0 Å². The van der Waals surface area contributed by atoms with Gasteiger partial charge in [0.1, 0.15) is 5.69 Å². The van der Waals surface area contributed by atoms with Crippen LogP contribution in [0.15, 0.2) is 54.6 Å². The fourth-order valence-corrected chi connectivity index (χ4v) is 3.44. The van der Waals surface area contributed by atoms with E-state index in [-0.39, 0.29) is 16.5 Å². The molecule has 3 rings (SSSR count). The van der Waals surface area contributed by atoms with Crippen molar-refractivity contribution < 1.29 is 14.5 Å². The number of imide groups is 1. The highest BCUT2D eigenvalue weighted by atomic mass is 16.6. The van der Waals surface area contributed by atoms with E-state index in [0.717, 1.165) is 5.56 Å². The third kappa shape index (κ3) is 5.32. The average molecular weight is 411 g/mol.